The van der Waals surface area contributed by atoms with Crippen molar-refractivity contribution in [2.24, 2.45) is 0 Å². The van der Waals surface area contributed by atoms with E-state index in [1.807, 2.05) is 24.4 Å². The molecule has 1 saturated heterocycles. The van der Waals surface area contributed by atoms with Crippen LogP contribution in [0.4, 0.5) is 0 Å². The second-order valence-electron chi connectivity index (χ2n) is 5.53. The molecule has 4 nitrogen and oxygen atoms in total. The predicted octanol–water partition coefficient (Wildman–Crippen LogP) is 1.95. The van der Waals surface area contributed by atoms with Crippen molar-refractivity contribution >= 4 is 0 Å². The summed E-state index contributed by atoms with van der Waals surface area (Å²) in [6.07, 6.45) is 3.01. The number of nitrogens with zero attached hydrogens (tertiary/aromatic N) is 2. The first kappa shape index (κ1) is 14.2. The van der Waals surface area contributed by atoms with Gasteiger partial charge in [-0.05, 0) is 24.1 Å². The molecule has 2 heterocycles. The predicted molar refractivity (Wildman–Crippen MR) is 84.3 cm³/mol. The maximum atomic E-state index is 4.30. The molecule has 0 amide bonds. The Morgan fingerprint density at radius 1 is 1.10 bits per heavy atom. The Kier molecular flexibility index (Phi) is 4.94. The van der Waals surface area contributed by atoms with Crippen molar-refractivity contribution in [3.8, 4) is 0 Å². The molecule has 110 valence electrons. The highest BCUT2D eigenvalue weighted by Gasteiger charge is 2.21. The van der Waals surface area contributed by atoms with Crippen molar-refractivity contribution in [1.29, 1.82) is 0 Å². The lowest BCUT2D eigenvalue weighted by atomic mass is 10.2. The Balaban J connectivity index is 1.39. The van der Waals surface area contributed by atoms with Crippen LogP contribution in [0.2, 0.25) is 0 Å². The first-order valence-electron chi connectivity index (χ1n) is 7.55. The standard InChI is InChI=1S/C17H22N4/c1-2-6-15(7-3-1)13-21-11-9-17(14-21)20-19-12-16-8-4-5-10-18-16/h1-8,10,17,19-20H,9,11-14H2. The summed E-state index contributed by atoms with van der Waals surface area (Å²) < 4.78 is 0. The van der Waals surface area contributed by atoms with Gasteiger partial charge in [0, 0.05) is 31.9 Å². The molecule has 2 aromatic rings. The molecule has 1 aromatic carbocycles. The van der Waals surface area contributed by atoms with Crippen LogP contribution in [0.3, 0.4) is 0 Å². The van der Waals surface area contributed by atoms with Gasteiger partial charge in [0.05, 0.1) is 12.2 Å². The van der Waals surface area contributed by atoms with Crippen LogP contribution in [-0.4, -0.2) is 29.0 Å². The number of nitrogens with one attached hydrogen (secondary N) is 2. The van der Waals surface area contributed by atoms with Crippen LogP contribution in [0.15, 0.2) is 54.7 Å². The van der Waals surface area contributed by atoms with Gasteiger partial charge in [-0.25, -0.2) is 0 Å². The van der Waals surface area contributed by atoms with E-state index in [9.17, 15) is 0 Å². The summed E-state index contributed by atoms with van der Waals surface area (Å²) in [5.74, 6) is 0. The van der Waals surface area contributed by atoms with Gasteiger partial charge in [-0.1, -0.05) is 36.4 Å². The summed E-state index contributed by atoms with van der Waals surface area (Å²) in [7, 11) is 0. The van der Waals surface area contributed by atoms with Gasteiger partial charge in [-0.2, -0.15) is 0 Å². The summed E-state index contributed by atoms with van der Waals surface area (Å²) in [5, 5.41) is 0. The fourth-order valence-corrected chi connectivity index (χ4v) is 2.72. The highest BCUT2D eigenvalue weighted by atomic mass is 15.4. The number of hydrogen-bond donors (Lipinski definition) is 2. The van der Waals surface area contributed by atoms with Crippen LogP contribution >= 0.6 is 0 Å². The van der Waals surface area contributed by atoms with Gasteiger partial charge in [0.2, 0.25) is 0 Å². The molecule has 1 aliphatic rings. The van der Waals surface area contributed by atoms with Crippen molar-refractivity contribution < 1.29 is 0 Å². The van der Waals surface area contributed by atoms with Gasteiger partial charge in [0.25, 0.3) is 0 Å². The fraction of sp³-hybridized carbons (Fsp3) is 0.353. The van der Waals surface area contributed by atoms with Crippen LogP contribution in [0.25, 0.3) is 0 Å². The Hall–Kier alpha value is -1.75. The molecule has 3 rings (SSSR count). The largest absolute Gasteiger partial charge is 0.297 e. The number of hydrogen-bond acceptors (Lipinski definition) is 4. The third kappa shape index (κ3) is 4.36. The van der Waals surface area contributed by atoms with Gasteiger partial charge in [-0.3, -0.25) is 20.7 Å². The Morgan fingerprint density at radius 3 is 2.76 bits per heavy atom. The van der Waals surface area contributed by atoms with Crippen molar-refractivity contribution in [3.05, 3.63) is 66.0 Å². The monoisotopic (exact) mass is 282 g/mol. The van der Waals surface area contributed by atoms with Crippen LogP contribution < -0.4 is 10.9 Å². The summed E-state index contributed by atoms with van der Waals surface area (Å²) in [6.45, 7) is 4.04. The lowest BCUT2D eigenvalue weighted by Gasteiger charge is -2.17. The molecule has 0 radical (unpaired) electrons. The average Bonchev–Trinajstić information content (AvgIpc) is 2.97. The molecule has 1 aromatic heterocycles. The number of likely N-dealkylation sites (tertiary alicyclic amines) is 1. The second-order valence-corrected chi connectivity index (χ2v) is 5.53. The molecule has 1 unspecified atom stereocenters. The third-order valence-electron chi connectivity index (χ3n) is 3.82. The van der Waals surface area contributed by atoms with Crippen LogP contribution in [0, 0.1) is 0 Å². The number of rotatable bonds is 6. The van der Waals surface area contributed by atoms with E-state index in [-0.39, 0.29) is 0 Å². The van der Waals surface area contributed by atoms with Crippen molar-refractivity contribution in [2.45, 2.75) is 25.6 Å². The zero-order chi connectivity index (χ0) is 14.3. The molecule has 21 heavy (non-hydrogen) atoms. The van der Waals surface area contributed by atoms with E-state index in [0.717, 1.165) is 31.9 Å². The molecular formula is C17H22N4. The molecule has 0 spiro atoms. The fourth-order valence-electron chi connectivity index (χ4n) is 2.72. The minimum Gasteiger partial charge on any atom is -0.297 e. The molecule has 2 N–H and O–H groups in total. The number of hydrazine groups is 1. The van der Waals surface area contributed by atoms with Gasteiger partial charge < -0.3 is 0 Å². The van der Waals surface area contributed by atoms with Gasteiger partial charge in [0.1, 0.15) is 0 Å². The van der Waals surface area contributed by atoms with Crippen LogP contribution in [0.1, 0.15) is 17.7 Å². The molecule has 4 heteroatoms. The second kappa shape index (κ2) is 7.31. The normalized spacial score (nSPS) is 19.0. The van der Waals surface area contributed by atoms with E-state index in [1.165, 1.54) is 12.0 Å². The van der Waals surface area contributed by atoms with E-state index in [1.54, 1.807) is 0 Å². The van der Waals surface area contributed by atoms with Gasteiger partial charge in [0.15, 0.2) is 0 Å². The molecular weight excluding hydrogens is 260 g/mol. The number of pyridine rings is 1. The van der Waals surface area contributed by atoms with Crippen LogP contribution in [0.5, 0.6) is 0 Å². The average molecular weight is 282 g/mol. The summed E-state index contributed by atoms with van der Waals surface area (Å²) in [5.41, 5.74) is 9.15. The first-order chi connectivity index (χ1) is 10.4. The van der Waals surface area contributed by atoms with Crippen molar-refractivity contribution in [3.63, 3.8) is 0 Å². The van der Waals surface area contributed by atoms with Gasteiger partial charge >= 0.3 is 0 Å². The maximum Gasteiger partial charge on any atom is 0.0555 e. The van der Waals surface area contributed by atoms with E-state index < -0.39 is 0 Å². The lowest BCUT2D eigenvalue weighted by Crippen LogP contribution is -2.42. The SMILES string of the molecule is c1ccc(CN2CCC(NNCc3ccccn3)C2)cc1. The quantitative estimate of drug-likeness (QED) is 0.795. The minimum absolute atomic E-state index is 0.512. The van der Waals surface area contributed by atoms with Crippen LogP contribution in [-0.2, 0) is 13.1 Å². The molecule has 0 bridgehead atoms. The van der Waals surface area contributed by atoms with E-state index >= 15 is 0 Å². The summed E-state index contributed by atoms with van der Waals surface area (Å²) >= 11 is 0. The third-order valence-corrected chi connectivity index (χ3v) is 3.82. The Bertz CT molecular complexity index is 529. The minimum atomic E-state index is 0.512. The lowest BCUT2D eigenvalue weighted by molar-refractivity contribution is 0.313. The Morgan fingerprint density at radius 2 is 1.95 bits per heavy atom. The first-order valence-corrected chi connectivity index (χ1v) is 7.55. The zero-order valence-corrected chi connectivity index (χ0v) is 12.2. The van der Waals surface area contributed by atoms with E-state index in [4.69, 9.17) is 0 Å². The molecule has 0 aliphatic carbocycles. The topological polar surface area (TPSA) is 40.2 Å². The van der Waals surface area contributed by atoms with Gasteiger partial charge in [-0.15, -0.1) is 0 Å². The number of aromatic nitrogens is 1. The highest BCUT2D eigenvalue weighted by Crippen LogP contribution is 2.12. The molecule has 1 aliphatic heterocycles. The Labute approximate surface area is 126 Å². The summed E-state index contributed by atoms with van der Waals surface area (Å²) in [4.78, 5) is 6.80. The molecule has 0 saturated carbocycles. The highest BCUT2D eigenvalue weighted by molar-refractivity contribution is 5.14. The smallest absolute Gasteiger partial charge is 0.0555 e. The molecule has 1 fully saturated rings. The van der Waals surface area contributed by atoms with Crippen molar-refractivity contribution in [2.75, 3.05) is 13.1 Å². The molecule has 1 atom stereocenters. The summed E-state index contributed by atoms with van der Waals surface area (Å²) in [6, 6.07) is 17.2. The van der Waals surface area contributed by atoms with E-state index in [0.29, 0.717) is 6.04 Å². The van der Waals surface area contributed by atoms with E-state index in [2.05, 4.69) is 51.1 Å². The van der Waals surface area contributed by atoms with Crippen molar-refractivity contribution in [1.82, 2.24) is 20.7 Å². The number of benzene rings is 1. The zero-order valence-electron chi connectivity index (χ0n) is 12.2. The maximum absolute atomic E-state index is 4.30.